The van der Waals surface area contributed by atoms with Crippen molar-refractivity contribution in [3.8, 4) is 0 Å². The van der Waals surface area contributed by atoms with Crippen molar-refractivity contribution in [3.05, 3.63) is 23.8 Å². The van der Waals surface area contributed by atoms with Crippen molar-refractivity contribution in [1.82, 2.24) is 0 Å². The summed E-state index contributed by atoms with van der Waals surface area (Å²) < 4.78 is 0. The minimum atomic E-state index is 0.244. The van der Waals surface area contributed by atoms with Crippen LogP contribution in [-0.4, -0.2) is 18.2 Å². The molecule has 1 aromatic rings. The Morgan fingerprint density at radius 3 is 3.07 bits per heavy atom. The molecule has 0 radical (unpaired) electrons. The summed E-state index contributed by atoms with van der Waals surface area (Å²) in [6.45, 7) is 4.62. The molecule has 1 aliphatic heterocycles. The first-order valence-corrected chi connectivity index (χ1v) is 6.40. The monoisotopic (exact) mass is 218 g/mol. The van der Waals surface area contributed by atoms with Crippen LogP contribution in [0.4, 0.5) is 0 Å². The lowest BCUT2D eigenvalue weighted by Gasteiger charge is -2.05. The number of aryl methyl sites for hydroxylation is 1. The van der Waals surface area contributed by atoms with E-state index in [4.69, 9.17) is 0 Å². The summed E-state index contributed by atoms with van der Waals surface area (Å²) in [4.78, 5) is 12.1. The second-order valence-corrected chi connectivity index (χ2v) is 5.34. The largest absolute Gasteiger partial charge is 0.299 e. The first-order valence-electron chi connectivity index (χ1n) is 5.42. The zero-order chi connectivity index (χ0) is 10.8. The summed E-state index contributed by atoms with van der Waals surface area (Å²) in [5.74, 6) is 0.834. The molecule has 1 aromatic carbocycles. The van der Waals surface area contributed by atoms with Gasteiger partial charge in [-0.15, -0.1) is 11.8 Å². The number of hydrogen-bond acceptors (Lipinski definition) is 2. The molecule has 0 saturated heterocycles. The Kier molecular flexibility index (Phi) is 3.20. The van der Waals surface area contributed by atoms with E-state index in [2.05, 4.69) is 25.0 Å². The van der Waals surface area contributed by atoms with Crippen molar-refractivity contribution in [2.24, 2.45) is 0 Å². The first kappa shape index (κ1) is 10.8. The van der Waals surface area contributed by atoms with Gasteiger partial charge in [0.15, 0.2) is 6.71 Å². The van der Waals surface area contributed by atoms with Gasteiger partial charge >= 0.3 is 0 Å². The summed E-state index contributed by atoms with van der Waals surface area (Å²) in [6, 6.07) is 6.63. The highest BCUT2D eigenvalue weighted by molar-refractivity contribution is 8.00. The van der Waals surface area contributed by atoms with E-state index in [9.17, 15) is 4.79 Å². The lowest BCUT2D eigenvalue weighted by molar-refractivity contribution is -0.114. The maximum Gasteiger partial charge on any atom is 0.173 e. The zero-order valence-electron chi connectivity index (χ0n) is 9.25. The summed E-state index contributed by atoms with van der Waals surface area (Å²) in [7, 11) is 0. The summed E-state index contributed by atoms with van der Waals surface area (Å²) in [6.07, 6.45) is 2.49. The highest BCUT2D eigenvalue weighted by Crippen LogP contribution is 2.22. The standard InChI is InChI=1S/C12H15BOS/c1-9(14)8-15-11-4-3-10-5-6-13(2)12(10)7-11/h3-4,7H,5-6,8H2,1-2H3. The van der Waals surface area contributed by atoms with Crippen molar-refractivity contribution in [2.45, 2.75) is 31.4 Å². The van der Waals surface area contributed by atoms with Crippen LogP contribution in [-0.2, 0) is 11.2 Å². The molecule has 15 heavy (non-hydrogen) atoms. The summed E-state index contributed by atoms with van der Waals surface area (Å²) in [5, 5.41) is 0. The van der Waals surface area contributed by atoms with E-state index in [1.807, 2.05) is 0 Å². The van der Waals surface area contributed by atoms with E-state index in [0.29, 0.717) is 12.5 Å². The van der Waals surface area contributed by atoms with E-state index in [-0.39, 0.29) is 5.78 Å². The van der Waals surface area contributed by atoms with Crippen molar-refractivity contribution < 1.29 is 4.79 Å². The SMILES string of the molecule is CB1CCc2ccc(SCC(C)=O)cc21. The molecule has 0 atom stereocenters. The van der Waals surface area contributed by atoms with E-state index in [1.165, 1.54) is 28.7 Å². The molecular formula is C12H15BOS. The maximum absolute atomic E-state index is 10.9. The van der Waals surface area contributed by atoms with Crippen LogP contribution < -0.4 is 5.46 Å². The average molecular weight is 218 g/mol. The van der Waals surface area contributed by atoms with Crippen molar-refractivity contribution >= 4 is 29.7 Å². The van der Waals surface area contributed by atoms with Gasteiger partial charge in [-0.05, 0) is 19.4 Å². The Labute approximate surface area is 95.7 Å². The minimum absolute atomic E-state index is 0.244. The quantitative estimate of drug-likeness (QED) is 0.571. The number of Topliss-reactive ketones (excluding diaryl/α,β-unsaturated/α-hetero) is 1. The summed E-state index contributed by atoms with van der Waals surface area (Å²) >= 11 is 1.65. The lowest BCUT2D eigenvalue weighted by Crippen LogP contribution is -2.22. The molecule has 0 amide bonds. The molecule has 0 N–H and O–H groups in total. The lowest BCUT2D eigenvalue weighted by atomic mass is 9.48. The van der Waals surface area contributed by atoms with Gasteiger partial charge in [0.2, 0.25) is 0 Å². The van der Waals surface area contributed by atoms with Crippen molar-refractivity contribution in [1.29, 1.82) is 0 Å². The summed E-state index contributed by atoms with van der Waals surface area (Å²) in [5.41, 5.74) is 2.98. The molecule has 1 aliphatic rings. The fourth-order valence-corrected chi connectivity index (χ4v) is 2.81. The number of carbonyl (C=O) groups is 1. The number of rotatable bonds is 3. The number of benzene rings is 1. The number of ketones is 1. The molecule has 0 unspecified atom stereocenters. The smallest absolute Gasteiger partial charge is 0.173 e. The Balaban J connectivity index is 2.14. The Bertz CT molecular complexity index is 389. The van der Waals surface area contributed by atoms with Gasteiger partial charge < -0.3 is 0 Å². The molecule has 1 heterocycles. The van der Waals surface area contributed by atoms with Crippen LogP contribution in [0, 0.1) is 0 Å². The molecular weight excluding hydrogens is 203 g/mol. The molecule has 0 aliphatic carbocycles. The molecule has 0 fully saturated rings. The van der Waals surface area contributed by atoms with E-state index < -0.39 is 0 Å². The van der Waals surface area contributed by atoms with Crippen LogP contribution in [0.2, 0.25) is 13.1 Å². The fraction of sp³-hybridized carbons (Fsp3) is 0.417. The van der Waals surface area contributed by atoms with Gasteiger partial charge in [-0.1, -0.05) is 36.3 Å². The second kappa shape index (κ2) is 4.44. The number of hydrogen-bond donors (Lipinski definition) is 0. The molecule has 1 nitrogen and oxygen atoms in total. The Morgan fingerprint density at radius 1 is 1.53 bits per heavy atom. The van der Waals surface area contributed by atoms with Gasteiger partial charge in [0.25, 0.3) is 0 Å². The third-order valence-electron chi connectivity index (χ3n) is 2.94. The number of thioether (sulfide) groups is 1. The van der Waals surface area contributed by atoms with Crippen LogP contribution in [0.3, 0.4) is 0 Å². The third kappa shape index (κ3) is 2.46. The first-order chi connectivity index (χ1) is 7.16. The highest BCUT2D eigenvalue weighted by atomic mass is 32.2. The van der Waals surface area contributed by atoms with Gasteiger partial charge in [-0.3, -0.25) is 4.79 Å². The number of fused-ring (bicyclic) bond motifs is 1. The fourth-order valence-electron chi connectivity index (χ4n) is 2.06. The minimum Gasteiger partial charge on any atom is -0.299 e. The number of carbonyl (C=O) groups excluding carboxylic acids is 1. The average Bonchev–Trinajstić information content (AvgIpc) is 2.57. The molecule has 0 saturated carbocycles. The van der Waals surface area contributed by atoms with Gasteiger partial charge in [-0.25, -0.2) is 0 Å². The maximum atomic E-state index is 10.9. The van der Waals surface area contributed by atoms with Gasteiger partial charge in [0.1, 0.15) is 5.78 Å². The third-order valence-corrected chi connectivity index (χ3v) is 4.08. The molecule has 0 spiro atoms. The zero-order valence-corrected chi connectivity index (χ0v) is 10.1. The van der Waals surface area contributed by atoms with Gasteiger partial charge in [0.05, 0.1) is 5.75 Å². The van der Waals surface area contributed by atoms with E-state index in [1.54, 1.807) is 18.7 Å². The van der Waals surface area contributed by atoms with E-state index >= 15 is 0 Å². The molecule has 0 bridgehead atoms. The van der Waals surface area contributed by atoms with Gasteiger partial charge in [0, 0.05) is 4.90 Å². The van der Waals surface area contributed by atoms with Crippen LogP contribution in [0.25, 0.3) is 0 Å². The normalized spacial score (nSPS) is 14.1. The van der Waals surface area contributed by atoms with Gasteiger partial charge in [-0.2, -0.15) is 0 Å². The second-order valence-electron chi connectivity index (χ2n) is 4.29. The van der Waals surface area contributed by atoms with Crippen LogP contribution >= 0.6 is 11.8 Å². The van der Waals surface area contributed by atoms with Crippen molar-refractivity contribution in [2.75, 3.05) is 5.75 Å². The van der Waals surface area contributed by atoms with Crippen LogP contribution in [0.1, 0.15) is 12.5 Å². The Morgan fingerprint density at radius 2 is 2.33 bits per heavy atom. The van der Waals surface area contributed by atoms with Crippen LogP contribution in [0.5, 0.6) is 0 Å². The molecule has 0 aromatic heterocycles. The topological polar surface area (TPSA) is 17.1 Å². The van der Waals surface area contributed by atoms with Crippen LogP contribution in [0.15, 0.2) is 23.1 Å². The molecule has 2 rings (SSSR count). The molecule has 78 valence electrons. The van der Waals surface area contributed by atoms with E-state index in [0.717, 1.165) is 0 Å². The predicted molar refractivity (Wildman–Crippen MR) is 67.6 cm³/mol. The highest BCUT2D eigenvalue weighted by Gasteiger charge is 2.21. The molecule has 3 heteroatoms. The predicted octanol–water partition coefficient (Wildman–Crippen LogP) is 2.26. The Hall–Kier alpha value is -0.695. The van der Waals surface area contributed by atoms with Crippen molar-refractivity contribution in [3.63, 3.8) is 0 Å².